The van der Waals surface area contributed by atoms with Crippen molar-refractivity contribution in [2.75, 3.05) is 0 Å². The van der Waals surface area contributed by atoms with E-state index >= 15 is 0 Å². The maximum Gasteiger partial charge on any atom is 0.458 e. The molecule has 0 unspecified atom stereocenters. The number of rotatable bonds is 4. The van der Waals surface area contributed by atoms with Crippen molar-refractivity contribution in [1.29, 1.82) is 0 Å². The minimum atomic E-state index is -5.77. The van der Waals surface area contributed by atoms with Crippen molar-refractivity contribution in [3.63, 3.8) is 0 Å². The molecule has 0 aliphatic carbocycles. The summed E-state index contributed by atoms with van der Waals surface area (Å²) in [7, 11) is 0. The molecule has 3 nitrogen and oxygen atoms in total. The predicted molar refractivity (Wildman–Crippen MR) is 66.1 cm³/mol. The molecule has 0 saturated heterocycles. The van der Waals surface area contributed by atoms with Crippen LogP contribution in [0.1, 0.15) is 47.0 Å². The monoisotopic (exact) mass is 336 g/mol. The van der Waals surface area contributed by atoms with Crippen molar-refractivity contribution in [2.24, 2.45) is 5.41 Å². The molecular formula is C13H18F6O3. The summed E-state index contributed by atoms with van der Waals surface area (Å²) in [6.07, 6.45) is -8.64. The Balaban J connectivity index is 0. The van der Waals surface area contributed by atoms with Gasteiger partial charge in [0.15, 0.2) is 0 Å². The Morgan fingerprint density at radius 1 is 0.773 bits per heavy atom. The van der Waals surface area contributed by atoms with Gasteiger partial charge < -0.3 is 0 Å². The fourth-order valence-electron chi connectivity index (χ4n) is 0.970. The second-order valence-electron chi connectivity index (χ2n) is 5.43. The molecule has 0 amide bonds. The average molecular weight is 336 g/mol. The number of alkyl halides is 6. The van der Waals surface area contributed by atoms with Crippen LogP contribution in [0.4, 0.5) is 26.3 Å². The Hall–Kier alpha value is -1.41. The van der Waals surface area contributed by atoms with Crippen LogP contribution in [-0.4, -0.2) is 29.7 Å². The molecule has 0 aromatic heterocycles. The maximum absolute atomic E-state index is 11.2. The van der Waals surface area contributed by atoms with Crippen LogP contribution in [0.2, 0.25) is 0 Å². The van der Waals surface area contributed by atoms with Crippen molar-refractivity contribution < 1.29 is 40.7 Å². The van der Waals surface area contributed by atoms with E-state index in [1.165, 1.54) is 0 Å². The van der Waals surface area contributed by atoms with E-state index in [2.05, 4.69) is 6.92 Å². The normalized spacial score (nSPS) is 12.3. The van der Waals surface area contributed by atoms with E-state index in [1.807, 2.05) is 20.8 Å². The summed E-state index contributed by atoms with van der Waals surface area (Å²) in [6.45, 7) is 8.04. The van der Waals surface area contributed by atoms with E-state index < -0.39 is 23.9 Å². The number of unbranched alkanes of at least 4 members (excludes halogenated alkanes) is 1. The van der Waals surface area contributed by atoms with Gasteiger partial charge in [-0.3, -0.25) is 14.4 Å². The molecule has 0 heterocycles. The number of carbonyl (C=O) groups is 3. The lowest BCUT2D eigenvalue weighted by atomic mass is 9.88. The molecule has 0 aliphatic rings. The van der Waals surface area contributed by atoms with Crippen molar-refractivity contribution in [3.8, 4) is 0 Å². The minimum absolute atomic E-state index is 0.130. The maximum atomic E-state index is 11.2. The van der Waals surface area contributed by atoms with Crippen LogP contribution < -0.4 is 0 Å². The summed E-state index contributed by atoms with van der Waals surface area (Å²) in [6, 6.07) is 0. The molecule has 0 atom stereocenters. The first-order valence-electron chi connectivity index (χ1n) is 6.31. The molecule has 0 rings (SSSR count). The van der Waals surface area contributed by atoms with Gasteiger partial charge in [0.05, 0.1) is 0 Å². The molecule has 0 saturated carbocycles. The van der Waals surface area contributed by atoms with Crippen molar-refractivity contribution in [1.82, 2.24) is 0 Å². The molecule has 0 aromatic carbocycles. The van der Waals surface area contributed by atoms with Gasteiger partial charge in [-0.1, -0.05) is 34.1 Å². The number of carbonyl (C=O) groups excluding carboxylic acids is 3. The van der Waals surface area contributed by atoms with E-state index in [0.717, 1.165) is 19.3 Å². The van der Waals surface area contributed by atoms with E-state index in [9.17, 15) is 40.7 Å². The number of halogens is 6. The third-order valence-electron chi connectivity index (χ3n) is 2.32. The number of Topliss-reactive ketones (excluding diaryl/α,β-unsaturated/α-hetero) is 3. The Morgan fingerprint density at radius 2 is 1.09 bits per heavy atom. The first-order valence-corrected chi connectivity index (χ1v) is 6.31. The van der Waals surface area contributed by atoms with Gasteiger partial charge in [0.25, 0.3) is 0 Å². The molecule has 0 aromatic rings. The van der Waals surface area contributed by atoms with Crippen molar-refractivity contribution in [2.45, 2.75) is 59.3 Å². The highest BCUT2D eigenvalue weighted by Crippen LogP contribution is 2.24. The highest BCUT2D eigenvalue weighted by atomic mass is 19.4. The van der Waals surface area contributed by atoms with Gasteiger partial charge in [0.1, 0.15) is 5.78 Å². The average Bonchev–Trinajstić information content (AvgIpc) is 2.31. The lowest BCUT2D eigenvalue weighted by molar-refractivity contribution is -0.193. The fraction of sp³-hybridized carbons (Fsp3) is 0.769. The van der Waals surface area contributed by atoms with Gasteiger partial charge >= 0.3 is 23.9 Å². The van der Waals surface area contributed by atoms with Gasteiger partial charge in [-0.15, -0.1) is 0 Å². The Morgan fingerprint density at radius 3 is 1.27 bits per heavy atom. The number of hydrogen-bond acceptors (Lipinski definition) is 3. The molecule has 0 radical (unpaired) electrons. The van der Waals surface area contributed by atoms with E-state index in [1.54, 1.807) is 0 Å². The largest absolute Gasteiger partial charge is 0.458 e. The summed E-state index contributed by atoms with van der Waals surface area (Å²) in [5.41, 5.74) is -0.130. The summed E-state index contributed by atoms with van der Waals surface area (Å²) >= 11 is 0. The molecule has 0 aliphatic heterocycles. The van der Waals surface area contributed by atoms with Crippen LogP contribution >= 0.6 is 0 Å². The first kappa shape index (κ1) is 22.9. The zero-order valence-corrected chi connectivity index (χ0v) is 12.6. The smallest absolute Gasteiger partial charge is 0.299 e. The van der Waals surface area contributed by atoms with Crippen LogP contribution in [-0.2, 0) is 14.4 Å². The number of ketones is 3. The van der Waals surface area contributed by atoms with Crippen LogP contribution in [0.25, 0.3) is 0 Å². The molecule has 0 bridgehead atoms. The topological polar surface area (TPSA) is 51.2 Å². The summed E-state index contributed by atoms with van der Waals surface area (Å²) < 4.78 is 67.0. The molecule has 9 heteroatoms. The predicted octanol–water partition coefficient (Wildman–Crippen LogP) is 4.04. The van der Waals surface area contributed by atoms with E-state index in [4.69, 9.17) is 0 Å². The lowest BCUT2D eigenvalue weighted by Crippen LogP contribution is -2.39. The minimum Gasteiger partial charge on any atom is -0.299 e. The second kappa shape index (κ2) is 8.28. The third-order valence-corrected chi connectivity index (χ3v) is 2.32. The SMILES string of the molecule is CCCCC(=O)C(C)(C)C.O=C(C(=O)C(F)(F)F)C(F)(F)F. The van der Waals surface area contributed by atoms with Gasteiger partial charge in [-0.2, -0.15) is 26.3 Å². The Labute approximate surface area is 124 Å². The highest BCUT2D eigenvalue weighted by Gasteiger charge is 2.54. The van der Waals surface area contributed by atoms with Gasteiger partial charge in [-0.05, 0) is 6.42 Å². The van der Waals surface area contributed by atoms with Crippen LogP contribution in [0, 0.1) is 5.41 Å². The second-order valence-corrected chi connectivity index (χ2v) is 5.43. The zero-order chi connectivity index (χ0) is 18.4. The molecule has 130 valence electrons. The molecule has 0 spiro atoms. The van der Waals surface area contributed by atoms with Gasteiger partial charge in [0, 0.05) is 11.8 Å². The standard InChI is InChI=1S/C9H18O.C4F6O2/c1-5-6-7-8(10)9(2,3)4;5-3(6,7)1(11)2(12)4(8,9)10/h5-7H2,1-4H3;. The number of hydrogen-bond donors (Lipinski definition) is 0. The Bertz CT molecular complexity index is 377. The molecular weight excluding hydrogens is 318 g/mol. The van der Waals surface area contributed by atoms with Gasteiger partial charge in [-0.25, -0.2) is 0 Å². The molecule has 0 N–H and O–H groups in total. The van der Waals surface area contributed by atoms with Crippen molar-refractivity contribution in [3.05, 3.63) is 0 Å². The highest BCUT2D eigenvalue weighted by molar-refractivity contribution is 6.41. The van der Waals surface area contributed by atoms with Crippen LogP contribution in [0.3, 0.4) is 0 Å². The fourth-order valence-corrected chi connectivity index (χ4v) is 0.970. The Kier molecular flexibility index (Phi) is 8.61. The van der Waals surface area contributed by atoms with Crippen LogP contribution in [0.15, 0.2) is 0 Å². The first-order chi connectivity index (χ1) is 9.55. The zero-order valence-electron chi connectivity index (χ0n) is 12.6. The van der Waals surface area contributed by atoms with E-state index in [-0.39, 0.29) is 5.41 Å². The summed E-state index contributed by atoms with van der Waals surface area (Å²) in [5, 5.41) is 0. The summed E-state index contributed by atoms with van der Waals surface area (Å²) in [5.74, 6) is -6.43. The van der Waals surface area contributed by atoms with Crippen molar-refractivity contribution >= 4 is 17.3 Å². The third kappa shape index (κ3) is 9.51. The van der Waals surface area contributed by atoms with E-state index in [0.29, 0.717) is 5.78 Å². The summed E-state index contributed by atoms with van der Waals surface area (Å²) in [4.78, 5) is 30.5. The van der Waals surface area contributed by atoms with Crippen LogP contribution in [0.5, 0.6) is 0 Å². The molecule has 0 fully saturated rings. The lowest BCUT2D eigenvalue weighted by Gasteiger charge is -2.15. The quantitative estimate of drug-likeness (QED) is 0.575. The van der Waals surface area contributed by atoms with Gasteiger partial charge in [0.2, 0.25) is 0 Å². The molecule has 22 heavy (non-hydrogen) atoms.